The normalized spacial score (nSPS) is 22.8. The third-order valence-electron chi connectivity index (χ3n) is 3.66. The van der Waals surface area contributed by atoms with Crippen molar-refractivity contribution < 1.29 is 9.53 Å². The van der Waals surface area contributed by atoms with E-state index in [-0.39, 0.29) is 12.3 Å². The molecule has 0 aromatic heterocycles. The first-order chi connectivity index (χ1) is 8.79. The molecule has 18 heavy (non-hydrogen) atoms. The van der Waals surface area contributed by atoms with Crippen LogP contribution in [-0.2, 0) is 4.74 Å². The minimum Gasteiger partial charge on any atom is -0.381 e. The van der Waals surface area contributed by atoms with Gasteiger partial charge in [0.25, 0.3) is 0 Å². The summed E-state index contributed by atoms with van der Waals surface area (Å²) in [6, 6.07) is 6.02. The Morgan fingerprint density at radius 1 is 1.39 bits per heavy atom. The first kappa shape index (κ1) is 11.6. The van der Waals surface area contributed by atoms with Crippen molar-refractivity contribution >= 4 is 11.5 Å². The number of benzene rings is 1. The summed E-state index contributed by atoms with van der Waals surface area (Å²) in [5, 5.41) is 0. The third-order valence-corrected chi connectivity index (χ3v) is 3.66. The van der Waals surface area contributed by atoms with Crippen LogP contribution in [0.4, 0.5) is 0 Å². The van der Waals surface area contributed by atoms with Crippen molar-refractivity contribution in [1.82, 2.24) is 0 Å². The lowest BCUT2D eigenvalue weighted by Crippen LogP contribution is -2.25. The SMILES string of the molecule is NCC1=NCC(=O)c2ccc(C3CCOC3)cc21. The molecule has 3 rings (SSSR count). The minimum atomic E-state index is 0.0800. The maximum absolute atomic E-state index is 11.8. The van der Waals surface area contributed by atoms with Crippen molar-refractivity contribution in [3.8, 4) is 0 Å². The summed E-state index contributed by atoms with van der Waals surface area (Å²) in [7, 11) is 0. The Kier molecular flexibility index (Phi) is 2.97. The standard InChI is InChI=1S/C14H16N2O2/c15-6-13-12-5-9(10-3-4-18-8-10)1-2-11(12)14(17)7-16-13/h1-2,5,10H,3-4,6-8,15H2. The summed E-state index contributed by atoms with van der Waals surface area (Å²) < 4.78 is 5.41. The van der Waals surface area contributed by atoms with Crippen LogP contribution >= 0.6 is 0 Å². The van der Waals surface area contributed by atoms with E-state index in [0.717, 1.165) is 36.5 Å². The number of fused-ring (bicyclic) bond motifs is 1. The fourth-order valence-electron chi connectivity index (χ4n) is 2.61. The minimum absolute atomic E-state index is 0.0800. The van der Waals surface area contributed by atoms with Gasteiger partial charge < -0.3 is 10.5 Å². The second-order valence-electron chi connectivity index (χ2n) is 4.76. The zero-order chi connectivity index (χ0) is 12.5. The van der Waals surface area contributed by atoms with Crippen LogP contribution < -0.4 is 5.73 Å². The molecule has 1 unspecified atom stereocenters. The maximum atomic E-state index is 11.8. The predicted molar refractivity (Wildman–Crippen MR) is 69.4 cm³/mol. The molecule has 1 atom stereocenters. The molecule has 0 bridgehead atoms. The van der Waals surface area contributed by atoms with Crippen LogP contribution in [0.1, 0.15) is 33.8 Å². The first-order valence-corrected chi connectivity index (χ1v) is 6.28. The highest BCUT2D eigenvalue weighted by atomic mass is 16.5. The summed E-state index contributed by atoms with van der Waals surface area (Å²) in [6.45, 7) is 2.19. The molecule has 4 nitrogen and oxygen atoms in total. The molecule has 0 amide bonds. The zero-order valence-corrected chi connectivity index (χ0v) is 10.2. The molecule has 2 N–H and O–H groups in total. The van der Waals surface area contributed by atoms with Gasteiger partial charge in [-0.3, -0.25) is 9.79 Å². The molecule has 94 valence electrons. The summed E-state index contributed by atoms with van der Waals surface area (Å²) >= 11 is 0. The van der Waals surface area contributed by atoms with E-state index in [1.54, 1.807) is 0 Å². The monoisotopic (exact) mass is 244 g/mol. The van der Waals surface area contributed by atoms with E-state index in [1.165, 1.54) is 5.56 Å². The van der Waals surface area contributed by atoms with Crippen LogP contribution in [0.15, 0.2) is 23.2 Å². The Balaban J connectivity index is 2.03. The van der Waals surface area contributed by atoms with Gasteiger partial charge in [0.05, 0.1) is 12.3 Å². The predicted octanol–water partition coefficient (Wildman–Crippen LogP) is 1.13. The zero-order valence-electron chi connectivity index (χ0n) is 10.2. The largest absolute Gasteiger partial charge is 0.381 e. The highest BCUT2D eigenvalue weighted by molar-refractivity contribution is 6.16. The summed E-state index contributed by atoms with van der Waals surface area (Å²) in [5.41, 5.74) is 9.44. The van der Waals surface area contributed by atoms with Crippen molar-refractivity contribution in [3.05, 3.63) is 34.9 Å². The van der Waals surface area contributed by atoms with Crippen molar-refractivity contribution in [2.45, 2.75) is 12.3 Å². The summed E-state index contributed by atoms with van der Waals surface area (Å²) in [4.78, 5) is 16.1. The van der Waals surface area contributed by atoms with E-state index >= 15 is 0 Å². The van der Waals surface area contributed by atoms with Gasteiger partial charge in [0.1, 0.15) is 6.54 Å². The van der Waals surface area contributed by atoms with E-state index in [1.807, 2.05) is 12.1 Å². The number of carbonyl (C=O) groups excluding carboxylic acids is 1. The average Bonchev–Trinajstić information content (AvgIpc) is 2.93. The highest BCUT2D eigenvalue weighted by Crippen LogP contribution is 2.28. The lowest BCUT2D eigenvalue weighted by molar-refractivity contribution is 0.1000. The van der Waals surface area contributed by atoms with Crippen LogP contribution in [0.2, 0.25) is 0 Å². The Labute approximate surface area is 106 Å². The average molecular weight is 244 g/mol. The van der Waals surface area contributed by atoms with E-state index in [0.29, 0.717) is 12.5 Å². The quantitative estimate of drug-likeness (QED) is 0.848. The Morgan fingerprint density at radius 2 is 2.28 bits per heavy atom. The molecule has 2 aliphatic rings. The number of carbonyl (C=O) groups is 1. The van der Waals surface area contributed by atoms with E-state index in [4.69, 9.17) is 10.5 Å². The van der Waals surface area contributed by atoms with Crippen LogP contribution in [-0.4, -0.2) is 37.8 Å². The molecule has 1 aromatic carbocycles. The molecule has 1 aromatic rings. The van der Waals surface area contributed by atoms with E-state index in [2.05, 4.69) is 11.1 Å². The fraction of sp³-hybridized carbons (Fsp3) is 0.429. The Hall–Kier alpha value is -1.52. The third kappa shape index (κ3) is 1.87. The van der Waals surface area contributed by atoms with Crippen LogP contribution in [0.5, 0.6) is 0 Å². The van der Waals surface area contributed by atoms with E-state index < -0.39 is 0 Å². The van der Waals surface area contributed by atoms with Gasteiger partial charge >= 0.3 is 0 Å². The molecular formula is C14H16N2O2. The number of rotatable bonds is 2. The molecule has 1 fully saturated rings. The van der Waals surface area contributed by atoms with Crippen molar-refractivity contribution in [2.75, 3.05) is 26.3 Å². The molecule has 0 aliphatic carbocycles. The maximum Gasteiger partial charge on any atom is 0.184 e. The van der Waals surface area contributed by atoms with Crippen molar-refractivity contribution in [1.29, 1.82) is 0 Å². The van der Waals surface area contributed by atoms with Gasteiger partial charge in [-0.25, -0.2) is 0 Å². The van der Waals surface area contributed by atoms with Gasteiger partial charge in [-0.1, -0.05) is 12.1 Å². The summed E-state index contributed by atoms with van der Waals surface area (Å²) in [6.07, 6.45) is 1.04. The lowest BCUT2D eigenvalue weighted by atomic mass is 9.90. The van der Waals surface area contributed by atoms with Crippen LogP contribution in [0.25, 0.3) is 0 Å². The molecule has 0 radical (unpaired) electrons. The number of hydrogen-bond acceptors (Lipinski definition) is 4. The number of Topliss-reactive ketones (excluding diaryl/α,β-unsaturated/α-hetero) is 1. The van der Waals surface area contributed by atoms with Gasteiger partial charge in [-0.2, -0.15) is 0 Å². The van der Waals surface area contributed by atoms with Crippen molar-refractivity contribution in [3.63, 3.8) is 0 Å². The van der Waals surface area contributed by atoms with Crippen LogP contribution in [0.3, 0.4) is 0 Å². The van der Waals surface area contributed by atoms with Gasteiger partial charge in [-0.05, 0) is 18.1 Å². The Bertz CT molecular complexity index is 517. The number of hydrogen-bond donors (Lipinski definition) is 1. The molecule has 2 aliphatic heterocycles. The number of ketones is 1. The van der Waals surface area contributed by atoms with Gasteiger partial charge in [0.2, 0.25) is 0 Å². The molecular weight excluding hydrogens is 228 g/mol. The van der Waals surface area contributed by atoms with Gasteiger partial charge in [-0.15, -0.1) is 0 Å². The lowest BCUT2D eigenvalue weighted by Gasteiger charge is -2.17. The number of nitrogens with two attached hydrogens (primary N) is 1. The van der Waals surface area contributed by atoms with E-state index in [9.17, 15) is 4.79 Å². The second-order valence-corrected chi connectivity index (χ2v) is 4.76. The topological polar surface area (TPSA) is 64.7 Å². The number of aliphatic imine (C=N–C) groups is 1. The van der Waals surface area contributed by atoms with Crippen molar-refractivity contribution in [2.24, 2.45) is 10.7 Å². The Morgan fingerprint density at radius 3 is 3.00 bits per heavy atom. The molecule has 0 spiro atoms. The highest BCUT2D eigenvalue weighted by Gasteiger charge is 2.23. The van der Waals surface area contributed by atoms with Gasteiger partial charge in [0.15, 0.2) is 5.78 Å². The first-order valence-electron chi connectivity index (χ1n) is 6.28. The van der Waals surface area contributed by atoms with Gasteiger partial charge in [0, 0.05) is 30.2 Å². The summed E-state index contributed by atoms with van der Waals surface area (Å²) in [5.74, 6) is 0.516. The smallest absolute Gasteiger partial charge is 0.184 e. The number of ether oxygens (including phenoxy) is 1. The molecule has 1 saturated heterocycles. The molecule has 2 heterocycles. The molecule has 0 saturated carbocycles. The fourth-order valence-corrected chi connectivity index (χ4v) is 2.61. The molecule has 4 heteroatoms. The second kappa shape index (κ2) is 4.63. The number of nitrogens with zero attached hydrogens (tertiary/aromatic N) is 1. The van der Waals surface area contributed by atoms with Crippen LogP contribution in [0, 0.1) is 0 Å².